The second-order valence-corrected chi connectivity index (χ2v) is 7.78. The molecular weight excluding hydrogens is 446 g/mol. The summed E-state index contributed by atoms with van der Waals surface area (Å²) in [6.45, 7) is 2.33. The van der Waals surface area contributed by atoms with Crippen molar-refractivity contribution in [2.45, 2.75) is 38.4 Å². The Morgan fingerprint density at radius 2 is 1.88 bits per heavy atom. The summed E-state index contributed by atoms with van der Waals surface area (Å²) < 4.78 is 16.3. The summed E-state index contributed by atoms with van der Waals surface area (Å²) in [5.74, 6) is -1.72. The number of aromatic nitrogens is 2. The lowest BCUT2D eigenvalue weighted by Gasteiger charge is -2.40. The van der Waals surface area contributed by atoms with E-state index in [2.05, 4.69) is 9.97 Å². The van der Waals surface area contributed by atoms with E-state index in [9.17, 15) is 19.5 Å². The molecule has 0 unspecified atom stereocenters. The second-order valence-electron chi connectivity index (χ2n) is 7.78. The van der Waals surface area contributed by atoms with Gasteiger partial charge in [-0.25, -0.2) is 14.6 Å². The molecule has 0 atom stereocenters. The average molecular weight is 475 g/mol. The third-order valence-electron chi connectivity index (χ3n) is 5.51. The molecule has 2 aromatic rings. The van der Waals surface area contributed by atoms with E-state index in [1.54, 1.807) is 6.92 Å². The molecule has 0 aliphatic carbocycles. The number of piperidine rings is 1. The molecule has 11 heteroatoms. The molecule has 34 heavy (non-hydrogen) atoms. The molecule has 1 aromatic heterocycles. The number of esters is 1. The van der Waals surface area contributed by atoms with Crippen LogP contribution in [-0.2, 0) is 26.4 Å². The highest BCUT2D eigenvalue weighted by Gasteiger charge is 2.42. The van der Waals surface area contributed by atoms with Crippen LogP contribution < -0.4 is 5.56 Å². The third-order valence-corrected chi connectivity index (χ3v) is 5.51. The SMILES string of the molecule is CCOC(=O)c1nc(C2(OCCCO)CCN(C(=O)OCc3ccccc3)CC2)[nH]c(=O)c1O. The van der Waals surface area contributed by atoms with Gasteiger partial charge < -0.3 is 34.3 Å². The van der Waals surface area contributed by atoms with Gasteiger partial charge in [0.05, 0.1) is 13.2 Å². The largest absolute Gasteiger partial charge is 0.501 e. The summed E-state index contributed by atoms with van der Waals surface area (Å²) in [7, 11) is 0. The molecule has 184 valence electrons. The molecule has 0 saturated carbocycles. The fraction of sp³-hybridized carbons (Fsp3) is 0.478. The lowest BCUT2D eigenvalue weighted by molar-refractivity contribution is -0.0962. The molecule has 0 radical (unpaired) electrons. The highest BCUT2D eigenvalue weighted by atomic mass is 16.6. The van der Waals surface area contributed by atoms with Gasteiger partial charge in [-0.3, -0.25) is 4.79 Å². The average Bonchev–Trinajstić information content (AvgIpc) is 2.85. The minimum atomic E-state index is -1.14. The minimum absolute atomic E-state index is 0.0419. The second kappa shape index (κ2) is 11.6. The van der Waals surface area contributed by atoms with Gasteiger partial charge in [0.2, 0.25) is 5.75 Å². The number of hydrogen-bond acceptors (Lipinski definition) is 9. The summed E-state index contributed by atoms with van der Waals surface area (Å²) in [5, 5.41) is 19.2. The smallest absolute Gasteiger partial charge is 0.410 e. The Bertz CT molecular complexity index is 1030. The van der Waals surface area contributed by atoms with Crippen molar-refractivity contribution in [2.75, 3.05) is 32.9 Å². The number of aliphatic hydroxyl groups is 1. The van der Waals surface area contributed by atoms with Gasteiger partial charge in [-0.05, 0) is 18.9 Å². The maximum absolute atomic E-state index is 12.6. The van der Waals surface area contributed by atoms with Crippen LogP contribution in [0, 0.1) is 0 Å². The molecule has 1 saturated heterocycles. The Balaban J connectivity index is 1.78. The van der Waals surface area contributed by atoms with E-state index >= 15 is 0 Å². The highest BCUT2D eigenvalue weighted by molar-refractivity contribution is 5.89. The molecule has 1 fully saturated rings. The lowest BCUT2D eigenvalue weighted by atomic mass is 9.90. The molecule has 1 aliphatic heterocycles. The minimum Gasteiger partial charge on any atom is -0.501 e. The number of benzene rings is 1. The molecule has 0 bridgehead atoms. The van der Waals surface area contributed by atoms with Crippen LogP contribution in [0.2, 0.25) is 0 Å². The molecule has 3 N–H and O–H groups in total. The predicted octanol–water partition coefficient (Wildman–Crippen LogP) is 1.68. The van der Waals surface area contributed by atoms with Crippen molar-refractivity contribution in [3.05, 3.63) is 57.8 Å². The van der Waals surface area contributed by atoms with Gasteiger partial charge in [0.25, 0.3) is 5.56 Å². The van der Waals surface area contributed by atoms with Crippen molar-refractivity contribution in [1.29, 1.82) is 0 Å². The van der Waals surface area contributed by atoms with Gasteiger partial charge in [-0.15, -0.1) is 0 Å². The summed E-state index contributed by atoms with van der Waals surface area (Å²) in [4.78, 5) is 45.3. The molecule has 3 rings (SSSR count). The van der Waals surface area contributed by atoms with Crippen LogP contribution in [0.1, 0.15) is 48.1 Å². The molecular formula is C23H29N3O8. The van der Waals surface area contributed by atoms with Gasteiger partial charge in [0.1, 0.15) is 18.0 Å². The first-order valence-electron chi connectivity index (χ1n) is 11.1. The van der Waals surface area contributed by atoms with Gasteiger partial charge in [-0.1, -0.05) is 30.3 Å². The summed E-state index contributed by atoms with van der Waals surface area (Å²) in [6.07, 6.45) is 0.355. The van der Waals surface area contributed by atoms with Crippen LogP contribution in [0.25, 0.3) is 0 Å². The molecule has 1 aromatic carbocycles. The van der Waals surface area contributed by atoms with Crippen LogP contribution in [-0.4, -0.2) is 70.1 Å². The molecule has 2 heterocycles. The first-order valence-corrected chi connectivity index (χ1v) is 11.1. The van der Waals surface area contributed by atoms with E-state index in [1.807, 2.05) is 30.3 Å². The number of amides is 1. The zero-order valence-electron chi connectivity index (χ0n) is 19.0. The van der Waals surface area contributed by atoms with Gasteiger partial charge in [0, 0.05) is 32.5 Å². The van der Waals surface area contributed by atoms with Gasteiger partial charge in [-0.2, -0.15) is 0 Å². The number of H-pyrrole nitrogens is 1. The maximum Gasteiger partial charge on any atom is 0.410 e. The summed E-state index contributed by atoms with van der Waals surface area (Å²) in [5.41, 5.74) is -1.68. The third kappa shape index (κ3) is 5.91. The number of carbonyl (C=O) groups excluding carboxylic acids is 2. The van der Waals surface area contributed by atoms with Crippen LogP contribution >= 0.6 is 0 Å². The van der Waals surface area contributed by atoms with Crippen molar-refractivity contribution >= 4 is 12.1 Å². The monoisotopic (exact) mass is 475 g/mol. The Morgan fingerprint density at radius 1 is 1.18 bits per heavy atom. The van der Waals surface area contributed by atoms with Crippen LogP contribution in [0.3, 0.4) is 0 Å². The number of carbonyl (C=O) groups is 2. The fourth-order valence-corrected chi connectivity index (χ4v) is 3.67. The number of nitrogens with one attached hydrogen (secondary N) is 1. The Hall–Kier alpha value is -3.44. The number of nitrogens with zero attached hydrogens (tertiary/aromatic N) is 2. The van der Waals surface area contributed by atoms with E-state index in [0.29, 0.717) is 6.42 Å². The Labute approximate surface area is 196 Å². The Morgan fingerprint density at radius 3 is 2.53 bits per heavy atom. The van der Waals surface area contributed by atoms with Crippen LogP contribution in [0.5, 0.6) is 5.75 Å². The fourth-order valence-electron chi connectivity index (χ4n) is 3.67. The van der Waals surface area contributed by atoms with E-state index < -0.39 is 34.7 Å². The van der Waals surface area contributed by atoms with Crippen molar-refractivity contribution in [3.8, 4) is 5.75 Å². The Kier molecular flexibility index (Phi) is 8.61. The number of likely N-dealkylation sites (tertiary alicyclic amines) is 1. The standard InChI is InChI=1S/C23H29N3O8/c1-2-32-20(30)17-18(28)19(29)25-21(24-17)23(34-14-6-13-27)9-11-26(12-10-23)22(31)33-15-16-7-4-3-5-8-16/h3-5,7-8,27-28H,2,6,9-15H2,1H3,(H,24,25,29). The van der Waals surface area contributed by atoms with Crippen molar-refractivity contribution < 1.29 is 34.0 Å². The van der Waals surface area contributed by atoms with Gasteiger partial charge >= 0.3 is 12.1 Å². The molecule has 11 nitrogen and oxygen atoms in total. The number of rotatable bonds is 9. The quantitative estimate of drug-likeness (QED) is 0.363. The number of aromatic hydroxyl groups is 1. The van der Waals surface area contributed by atoms with Gasteiger partial charge in [0.15, 0.2) is 5.69 Å². The first kappa shape index (κ1) is 25.2. The van der Waals surface area contributed by atoms with E-state index in [1.165, 1.54) is 4.90 Å². The first-order chi connectivity index (χ1) is 16.4. The van der Waals surface area contributed by atoms with Crippen molar-refractivity contribution in [1.82, 2.24) is 14.9 Å². The predicted molar refractivity (Wildman–Crippen MR) is 119 cm³/mol. The molecule has 0 spiro atoms. The summed E-state index contributed by atoms with van der Waals surface area (Å²) in [6, 6.07) is 9.31. The maximum atomic E-state index is 12.6. The van der Waals surface area contributed by atoms with E-state index in [0.717, 1.165) is 5.56 Å². The highest BCUT2D eigenvalue weighted by Crippen LogP contribution is 2.35. The number of hydrogen-bond donors (Lipinski definition) is 3. The number of aromatic amines is 1. The molecule has 1 aliphatic rings. The van der Waals surface area contributed by atoms with Crippen LogP contribution in [0.15, 0.2) is 35.1 Å². The number of ether oxygens (including phenoxy) is 3. The number of aliphatic hydroxyl groups excluding tert-OH is 1. The van der Waals surface area contributed by atoms with Crippen molar-refractivity contribution in [2.24, 2.45) is 0 Å². The summed E-state index contributed by atoms with van der Waals surface area (Å²) >= 11 is 0. The van der Waals surface area contributed by atoms with Crippen molar-refractivity contribution in [3.63, 3.8) is 0 Å². The van der Waals surface area contributed by atoms with Crippen LogP contribution in [0.4, 0.5) is 4.79 Å². The zero-order valence-corrected chi connectivity index (χ0v) is 19.0. The van der Waals surface area contributed by atoms with E-state index in [-0.39, 0.29) is 58.2 Å². The molecule has 1 amide bonds. The topological polar surface area (TPSA) is 151 Å². The van der Waals surface area contributed by atoms with E-state index in [4.69, 9.17) is 19.3 Å². The lowest BCUT2D eigenvalue weighted by Crippen LogP contribution is -2.48. The zero-order chi connectivity index (χ0) is 24.6. The normalized spacial score (nSPS) is 15.1.